The third kappa shape index (κ3) is 7.44. The van der Waals surface area contributed by atoms with E-state index < -0.39 is 0 Å². The van der Waals surface area contributed by atoms with Crippen molar-refractivity contribution in [2.24, 2.45) is 0 Å². The predicted octanol–water partition coefficient (Wildman–Crippen LogP) is 1.59. The number of aromatic nitrogens is 1. The Balaban J connectivity index is 1.92. The van der Waals surface area contributed by atoms with Crippen LogP contribution in [0.2, 0.25) is 0 Å². The average molecular weight is 257 g/mol. The first kappa shape index (κ1) is 14.6. The van der Waals surface area contributed by atoms with Crippen LogP contribution in [0.5, 0.6) is 0 Å². The van der Waals surface area contributed by atoms with Gasteiger partial charge in [-0.3, -0.25) is 4.90 Å². The Morgan fingerprint density at radius 1 is 1.47 bits per heavy atom. The molecule has 0 atom stereocenters. The quantitative estimate of drug-likeness (QED) is 0.646. The summed E-state index contributed by atoms with van der Waals surface area (Å²) in [6, 6.07) is 0. The Bertz CT molecular complexity index is 267. The van der Waals surface area contributed by atoms with Crippen LogP contribution < -0.4 is 5.32 Å². The van der Waals surface area contributed by atoms with E-state index in [1.807, 2.05) is 12.4 Å². The molecule has 0 saturated carbocycles. The van der Waals surface area contributed by atoms with Crippen molar-refractivity contribution in [1.82, 2.24) is 15.2 Å². The fourth-order valence-electron chi connectivity index (χ4n) is 1.51. The van der Waals surface area contributed by atoms with Crippen LogP contribution in [0.25, 0.3) is 0 Å². The van der Waals surface area contributed by atoms with Crippen LogP contribution in [0, 0.1) is 0 Å². The van der Waals surface area contributed by atoms with E-state index in [0.717, 1.165) is 51.5 Å². The first-order valence-electron chi connectivity index (χ1n) is 6.17. The van der Waals surface area contributed by atoms with Gasteiger partial charge in [0, 0.05) is 38.2 Å². The monoisotopic (exact) mass is 257 g/mol. The highest BCUT2D eigenvalue weighted by molar-refractivity contribution is 7.07. The number of hydrogen-bond donors (Lipinski definition) is 1. The summed E-state index contributed by atoms with van der Waals surface area (Å²) in [4.78, 5) is 6.56. The molecule has 1 N–H and O–H groups in total. The van der Waals surface area contributed by atoms with Crippen LogP contribution in [0.1, 0.15) is 19.0 Å². The Labute approximate surface area is 108 Å². The lowest BCUT2D eigenvalue weighted by atomic mass is 10.4. The van der Waals surface area contributed by atoms with E-state index in [1.165, 1.54) is 0 Å². The minimum absolute atomic E-state index is 0.816. The molecule has 1 aromatic rings. The molecule has 0 radical (unpaired) electrons. The summed E-state index contributed by atoms with van der Waals surface area (Å²) in [6.07, 6.45) is 1.09. The Morgan fingerprint density at radius 3 is 3.06 bits per heavy atom. The van der Waals surface area contributed by atoms with Gasteiger partial charge >= 0.3 is 0 Å². The molecule has 0 aliphatic carbocycles. The van der Waals surface area contributed by atoms with Crippen LogP contribution in [-0.4, -0.2) is 49.8 Å². The van der Waals surface area contributed by atoms with Crippen LogP contribution in [0.4, 0.5) is 0 Å². The fourth-order valence-corrected chi connectivity index (χ4v) is 2.06. The molecule has 0 fully saturated rings. The molecule has 0 unspecified atom stereocenters. The summed E-state index contributed by atoms with van der Waals surface area (Å²) in [5, 5.41) is 5.52. The van der Waals surface area contributed by atoms with Crippen molar-refractivity contribution >= 4 is 11.3 Å². The van der Waals surface area contributed by atoms with Gasteiger partial charge in [0.05, 0.1) is 11.2 Å². The third-order valence-electron chi connectivity index (χ3n) is 2.43. The van der Waals surface area contributed by atoms with E-state index in [2.05, 4.69) is 27.6 Å². The molecule has 98 valence electrons. The number of likely N-dealkylation sites (N-methyl/N-ethyl adjacent to an activating group) is 1. The van der Waals surface area contributed by atoms with Crippen LogP contribution in [0.3, 0.4) is 0 Å². The van der Waals surface area contributed by atoms with E-state index >= 15 is 0 Å². The van der Waals surface area contributed by atoms with Gasteiger partial charge in [0.1, 0.15) is 0 Å². The van der Waals surface area contributed by atoms with E-state index in [4.69, 9.17) is 4.74 Å². The third-order valence-corrected chi connectivity index (χ3v) is 3.07. The smallest absolute Gasteiger partial charge is 0.0795 e. The SMILES string of the molecule is CCOCCCNCCN(C)Cc1cscn1. The van der Waals surface area contributed by atoms with Crippen molar-refractivity contribution < 1.29 is 4.74 Å². The normalized spacial score (nSPS) is 11.2. The Hall–Kier alpha value is -0.490. The number of rotatable bonds is 10. The minimum atomic E-state index is 0.816. The molecule has 4 nitrogen and oxygen atoms in total. The molecule has 0 aliphatic heterocycles. The highest BCUT2D eigenvalue weighted by Crippen LogP contribution is 2.03. The van der Waals surface area contributed by atoms with Gasteiger partial charge in [-0.2, -0.15) is 0 Å². The number of ether oxygens (including phenoxy) is 1. The van der Waals surface area contributed by atoms with Gasteiger partial charge in [-0.1, -0.05) is 0 Å². The van der Waals surface area contributed by atoms with Gasteiger partial charge in [-0.15, -0.1) is 11.3 Å². The minimum Gasteiger partial charge on any atom is -0.382 e. The number of hydrogen-bond acceptors (Lipinski definition) is 5. The molecule has 5 heteroatoms. The van der Waals surface area contributed by atoms with Crippen LogP contribution >= 0.6 is 11.3 Å². The van der Waals surface area contributed by atoms with Crippen molar-refractivity contribution in [2.45, 2.75) is 19.9 Å². The molecule has 0 saturated heterocycles. The molecular weight excluding hydrogens is 234 g/mol. The molecule has 1 aromatic heterocycles. The van der Waals surface area contributed by atoms with Crippen molar-refractivity contribution in [2.75, 3.05) is 39.9 Å². The number of nitrogens with zero attached hydrogens (tertiary/aromatic N) is 2. The highest BCUT2D eigenvalue weighted by atomic mass is 32.1. The molecule has 0 spiro atoms. The zero-order chi connectivity index (χ0) is 12.3. The molecule has 1 heterocycles. The largest absolute Gasteiger partial charge is 0.382 e. The lowest BCUT2D eigenvalue weighted by molar-refractivity contribution is 0.144. The average Bonchev–Trinajstić information content (AvgIpc) is 2.80. The molecular formula is C12H23N3OS. The first-order chi connectivity index (χ1) is 8.33. The highest BCUT2D eigenvalue weighted by Gasteiger charge is 2.00. The second-order valence-electron chi connectivity index (χ2n) is 4.02. The molecule has 0 aliphatic rings. The summed E-state index contributed by atoms with van der Waals surface area (Å²) < 4.78 is 5.27. The summed E-state index contributed by atoms with van der Waals surface area (Å²) in [7, 11) is 2.13. The van der Waals surface area contributed by atoms with Crippen molar-refractivity contribution in [3.05, 3.63) is 16.6 Å². The molecule has 0 bridgehead atoms. The zero-order valence-corrected chi connectivity index (χ0v) is 11.6. The summed E-state index contributed by atoms with van der Waals surface area (Å²) in [6.45, 7) is 7.74. The Morgan fingerprint density at radius 2 is 2.35 bits per heavy atom. The van der Waals surface area contributed by atoms with E-state index in [-0.39, 0.29) is 0 Å². The van der Waals surface area contributed by atoms with E-state index in [0.29, 0.717) is 0 Å². The Kier molecular flexibility index (Phi) is 8.17. The topological polar surface area (TPSA) is 37.4 Å². The second kappa shape index (κ2) is 9.53. The summed E-state index contributed by atoms with van der Waals surface area (Å²) >= 11 is 1.65. The van der Waals surface area contributed by atoms with Crippen molar-refractivity contribution in [3.8, 4) is 0 Å². The molecule has 17 heavy (non-hydrogen) atoms. The lowest BCUT2D eigenvalue weighted by Gasteiger charge is -2.15. The number of nitrogens with one attached hydrogen (secondary N) is 1. The van der Waals surface area contributed by atoms with Crippen LogP contribution in [0.15, 0.2) is 10.9 Å². The molecule has 1 rings (SSSR count). The van der Waals surface area contributed by atoms with Gasteiger partial charge in [0.2, 0.25) is 0 Å². The van der Waals surface area contributed by atoms with Crippen molar-refractivity contribution in [3.63, 3.8) is 0 Å². The van der Waals surface area contributed by atoms with E-state index in [9.17, 15) is 0 Å². The lowest BCUT2D eigenvalue weighted by Crippen LogP contribution is -2.29. The zero-order valence-electron chi connectivity index (χ0n) is 10.8. The van der Waals surface area contributed by atoms with Gasteiger partial charge in [0.25, 0.3) is 0 Å². The van der Waals surface area contributed by atoms with E-state index in [1.54, 1.807) is 11.3 Å². The first-order valence-corrected chi connectivity index (χ1v) is 7.11. The van der Waals surface area contributed by atoms with Gasteiger partial charge in [-0.05, 0) is 26.9 Å². The standard InChI is InChI=1S/C12H23N3OS/c1-3-16-8-4-5-13-6-7-15(2)9-12-10-17-11-14-12/h10-11,13H,3-9H2,1-2H3. The number of thiazole rings is 1. The summed E-state index contributed by atoms with van der Waals surface area (Å²) in [5.74, 6) is 0. The second-order valence-corrected chi connectivity index (χ2v) is 4.74. The van der Waals surface area contributed by atoms with Gasteiger partial charge in [0.15, 0.2) is 0 Å². The maximum Gasteiger partial charge on any atom is 0.0795 e. The van der Waals surface area contributed by atoms with Gasteiger partial charge in [-0.25, -0.2) is 4.98 Å². The van der Waals surface area contributed by atoms with Gasteiger partial charge < -0.3 is 10.1 Å². The molecule has 0 aromatic carbocycles. The maximum absolute atomic E-state index is 5.27. The maximum atomic E-state index is 5.27. The van der Waals surface area contributed by atoms with Crippen LogP contribution in [-0.2, 0) is 11.3 Å². The summed E-state index contributed by atoms with van der Waals surface area (Å²) in [5.41, 5.74) is 3.05. The van der Waals surface area contributed by atoms with Crippen molar-refractivity contribution in [1.29, 1.82) is 0 Å². The molecule has 0 amide bonds. The predicted molar refractivity (Wildman–Crippen MR) is 72.4 cm³/mol. The fraction of sp³-hybridized carbons (Fsp3) is 0.750.